The van der Waals surface area contributed by atoms with Crippen LogP contribution in [0.1, 0.15) is 19.2 Å². The second-order valence-corrected chi connectivity index (χ2v) is 16.8. The van der Waals surface area contributed by atoms with Gasteiger partial charge >= 0.3 is 6.61 Å². The summed E-state index contributed by atoms with van der Waals surface area (Å²) in [6.45, 7) is 1.06. The molecular formula is C43H43F5N12O4. The van der Waals surface area contributed by atoms with Gasteiger partial charge < -0.3 is 39.0 Å². The number of rotatable bonds is 7. The minimum atomic E-state index is -3.09. The first kappa shape index (κ1) is 41.5. The number of nitrogens with zero attached hydrogens (tertiary/aromatic N) is 11. The molecule has 4 aliphatic heterocycles. The zero-order valence-corrected chi connectivity index (χ0v) is 35.1. The Kier molecular flexibility index (Phi) is 10.3. The lowest BCUT2D eigenvalue weighted by Gasteiger charge is -2.60. The monoisotopic (exact) mass is 886 g/mol. The van der Waals surface area contributed by atoms with E-state index in [-0.39, 0.29) is 80.0 Å². The highest BCUT2D eigenvalue weighted by Gasteiger charge is 2.53. The average Bonchev–Trinajstić information content (AvgIpc) is 3.98. The minimum absolute atomic E-state index is 0.0557. The van der Waals surface area contributed by atoms with Crippen molar-refractivity contribution in [2.75, 3.05) is 62.1 Å². The predicted octanol–water partition coefficient (Wildman–Crippen LogP) is 4.77. The molecule has 0 spiro atoms. The molecule has 3 fully saturated rings. The molecule has 16 nitrogen and oxygen atoms in total. The number of amides is 2. The maximum atomic E-state index is 15.5. The topological polar surface area (TPSA) is 152 Å². The molecule has 5 atom stereocenters. The number of ether oxygens (including phenoxy) is 2. The van der Waals surface area contributed by atoms with Crippen molar-refractivity contribution in [3.63, 3.8) is 0 Å². The van der Waals surface area contributed by atoms with Gasteiger partial charge in [-0.1, -0.05) is 13.0 Å². The molecule has 21 heteroatoms. The molecule has 3 saturated heterocycles. The quantitative estimate of drug-likeness (QED) is 0.220. The summed E-state index contributed by atoms with van der Waals surface area (Å²) in [5.41, 5.74) is 2.32. The molecule has 2 amide bonds. The number of anilines is 3. The van der Waals surface area contributed by atoms with E-state index in [1.807, 2.05) is 34.3 Å². The van der Waals surface area contributed by atoms with Crippen molar-refractivity contribution in [3.05, 3.63) is 78.0 Å². The average molecular weight is 887 g/mol. The third-order valence-corrected chi connectivity index (χ3v) is 13.0. The summed E-state index contributed by atoms with van der Waals surface area (Å²) in [4.78, 5) is 54.4. The van der Waals surface area contributed by atoms with E-state index in [1.54, 1.807) is 31.2 Å². The van der Waals surface area contributed by atoms with Crippen molar-refractivity contribution >= 4 is 51.5 Å². The molecule has 334 valence electrons. The maximum absolute atomic E-state index is 15.5. The molecule has 6 bridgehead atoms. The number of hydrogen-bond acceptors (Lipinski definition) is 12. The van der Waals surface area contributed by atoms with Crippen molar-refractivity contribution < 1.29 is 41.0 Å². The fraction of sp³-hybridized carbons (Fsp3) is 0.419. The maximum Gasteiger partial charge on any atom is 0.345 e. The molecule has 64 heavy (non-hydrogen) atoms. The summed E-state index contributed by atoms with van der Waals surface area (Å²) in [5, 5.41) is 8.42. The summed E-state index contributed by atoms with van der Waals surface area (Å²) in [6.07, 6.45) is 1.26. The number of alkyl halides is 2. The van der Waals surface area contributed by atoms with Crippen LogP contribution in [0.15, 0.2) is 54.7 Å². The van der Waals surface area contributed by atoms with Crippen molar-refractivity contribution in [1.82, 2.24) is 44.1 Å². The second kappa shape index (κ2) is 15.9. The van der Waals surface area contributed by atoms with Crippen LogP contribution in [0.5, 0.6) is 0 Å². The van der Waals surface area contributed by atoms with Gasteiger partial charge in [0.05, 0.1) is 53.0 Å². The van der Waals surface area contributed by atoms with Crippen LogP contribution in [-0.2, 0) is 25.6 Å². The number of aryl methyl sites for hydroxylation is 1. The van der Waals surface area contributed by atoms with Gasteiger partial charge in [0, 0.05) is 70.0 Å². The van der Waals surface area contributed by atoms with Gasteiger partial charge in [0.25, 0.3) is 0 Å². The van der Waals surface area contributed by atoms with E-state index in [0.29, 0.717) is 51.6 Å². The molecule has 0 radical (unpaired) electrons. The summed E-state index contributed by atoms with van der Waals surface area (Å²) in [7, 11) is 3.27. The number of carbonyl (C=O) groups excluding carboxylic acids is 2. The SMILES string of the molecule is CO[C@H]1CN(C)C(=O)[C@@H]2C[C@@H](CN2c2nc(N3C4CN(C(=O)COC(F)F)CC3C4C)nc3c2cnn3-c2ccc(F)cc2F)Nc2cccc(n2)-c2cc(F)cc3nc(C)n(c23)C1. The van der Waals surface area contributed by atoms with E-state index >= 15 is 8.78 Å². The lowest BCUT2D eigenvalue weighted by molar-refractivity contribution is -0.162. The second-order valence-electron chi connectivity index (χ2n) is 16.8. The fourth-order valence-electron chi connectivity index (χ4n) is 9.83. The number of imidazole rings is 1. The zero-order chi connectivity index (χ0) is 44.7. The number of fused-ring (bicyclic) bond motifs is 8. The van der Waals surface area contributed by atoms with Crippen LogP contribution in [0, 0.1) is 30.3 Å². The van der Waals surface area contributed by atoms with Gasteiger partial charge in [-0.05, 0) is 43.7 Å². The third kappa shape index (κ3) is 7.09. The van der Waals surface area contributed by atoms with Gasteiger partial charge in [0.2, 0.25) is 17.8 Å². The highest BCUT2D eigenvalue weighted by atomic mass is 19.3. The number of likely N-dealkylation sites (N-methyl/N-ethyl adjacent to an activating group) is 1. The van der Waals surface area contributed by atoms with Gasteiger partial charge in [-0.25, -0.2) is 27.8 Å². The molecule has 0 aliphatic carbocycles. The predicted molar refractivity (Wildman–Crippen MR) is 224 cm³/mol. The first-order valence-corrected chi connectivity index (χ1v) is 20.9. The summed E-state index contributed by atoms with van der Waals surface area (Å²) in [5.74, 6) is -1.21. The lowest BCUT2D eigenvalue weighted by Crippen LogP contribution is -2.75. The lowest BCUT2D eigenvalue weighted by atomic mass is 9.77. The van der Waals surface area contributed by atoms with E-state index in [4.69, 9.17) is 19.7 Å². The molecule has 4 aromatic heterocycles. The molecular weight excluding hydrogens is 844 g/mol. The van der Waals surface area contributed by atoms with Crippen LogP contribution in [0.2, 0.25) is 0 Å². The van der Waals surface area contributed by atoms with Crippen LogP contribution in [-0.4, -0.2) is 140 Å². The number of halogens is 5. The van der Waals surface area contributed by atoms with Crippen molar-refractivity contribution in [2.24, 2.45) is 5.92 Å². The van der Waals surface area contributed by atoms with Crippen LogP contribution in [0.25, 0.3) is 39.0 Å². The Morgan fingerprint density at radius 3 is 2.50 bits per heavy atom. The Bertz CT molecular complexity index is 2810. The van der Waals surface area contributed by atoms with Crippen LogP contribution in [0.4, 0.5) is 39.5 Å². The Morgan fingerprint density at radius 1 is 0.953 bits per heavy atom. The number of pyridine rings is 1. The first-order chi connectivity index (χ1) is 30.8. The minimum Gasteiger partial charge on any atom is -0.378 e. The number of benzene rings is 2. The fourth-order valence-corrected chi connectivity index (χ4v) is 9.83. The van der Waals surface area contributed by atoms with Crippen molar-refractivity contribution in [3.8, 4) is 16.9 Å². The number of methoxy groups -OCH3 is 1. The Labute approximate surface area is 362 Å². The van der Waals surface area contributed by atoms with E-state index in [2.05, 4.69) is 20.1 Å². The first-order valence-electron chi connectivity index (χ1n) is 20.9. The van der Waals surface area contributed by atoms with Gasteiger partial charge in [0.15, 0.2) is 11.5 Å². The Hall–Kier alpha value is -6.48. The van der Waals surface area contributed by atoms with E-state index < -0.39 is 48.7 Å². The van der Waals surface area contributed by atoms with E-state index in [1.165, 1.54) is 34.0 Å². The highest BCUT2D eigenvalue weighted by molar-refractivity contribution is 5.94. The molecule has 6 aromatic rings. The van der Waals surface area contributed by atoms with Crippen molar-refractivity contribution in [2.45, 2.75) is 63.7 Å². The molecule has 2 aromatic carbocycles. The molecule has 2 unspecified atom stereocenters. The summed E-state index contributed by atoms with van der Waals surface area (Å²) in [6, 6.07) is 9.53. The van der Waals surface area contributed by atoms with Gasteiger partial charge in [0.1, 0.15) is 47.4 Å². The van der Waals surface area contributed by atoms with Gasteiger partial charge in [-0.2, -0.15) is 23.8 Å². The number of carbonyl (C=O) groups is 2. The normalized spacial score (nSPS) is 23.4. The Morgan fingerprint density at radius 2 is 1.75 bits per heavy atom. The molecule has 10 rings (SSSR count). The zero-order valence-electron chi connectivity index (χ0n) is 35.1. The highest BCUT2D eigenvalue weighted by Crippen LogP contribution is 2.43. The van der Waals surface area contributed by atoms with Crippen molar-refractivity contribution in [1.29, 1.82) is 0 Å². The Balaban J connectivity index is 1.07. The number of likely N-dealkylation sites (tertiary alicyclic amines) is 1. The number of piperazine rings is 1. The number of piperidine rings is 1. The third-order valence-electron chi connectivity index (χ3n) is 13.0. The molecule has 8 heterocycles. The van der Waals surface area contributed by atoms with Crippen LogP contribution < -0.4 is 15.1 Å². The van der Waals surface area contributed by atoms with Crippen LogP contribution in [0.3, 0.4) is 0 Å². The smallest absolute Gasteiger partial charge is 0.345 e. The number of nitrogens with one attached hydrogen (secondary N) is 1. The van der Waals surface area contributed by atoms with Gasteiger partial charge in [-0.15, -0.1) is 0 Å². The van der Waals surface area contributed by atoms with Crippen LogP contribution >= 0.6 is 0 Å². The standard InChI is InChI=1S/C43H43F5N12O4/c1-21-34-18-56(37(61)20-64-42(47)48)19-35(21)59(34)43-53-39(28-14-49-60(40(28)54-43)32-9-8-23(44)11-29(32)46)58-15-25-13-33(58)41(62)55(3)16-26(63-4)17-57-22(2)50-31-12-24(45)10-27(38(31)57)30-6-5-7-36(51-25)52-30/h5-12,14,21,25-26,33-35,42H,13,15-20H2,1-4H3,(H,51,52)/t21?,25-,26-,33-,34?,35?/m0/s1. The molecule has 4 aliphatic rings. The summed E-state index contributed by atoms with van der Waals surface area (Å²) >= 11 is 0. The van der Waals surface area contributed by atoms with E-state index in [0.717, 1.165) is 12.1 Å². The largest absolute Gasteiger partial charge is 0.378 e. The molecule has 1 N–H and O–H groups in total. The molecule has 0 saturated carbocycles. The summed E-state index contributed by atoms with van der Waals surface area (Å²) < 4.78 is 84.0. The van der Waals surface area contributed by atoms with E-state index in [9.17, 15) is 22.8 Å². The number of hydrogen-bond donors (Lipinski definition) is 1. The van der Waals surface area contributed by atoms with Gasteiger partial charge in [-0.3, -0.25) is 9.59 Å². The number of aromatic nitrogens is 7.